The second-order valence-corrected chi connectivity index (χ2v) is 9.90. The van der Waals surface area contributed by atoms with Crippen LogP contribution in [0.4, 0.5) is 11.4 Å². The normalized spacial score (nSPS) is 13.6. The Morgan fingerprint density at radius 1 is 0.758 bits per heavy atom. The standard InChI is InChI=1S/C20H16N2O9S2/c21-13-7-5-11-15(9-3-1-2-4-10(9)20(23)24)12-6-8-14(22)19(33(28,29)30)17(12)31-16(11)18(13)32(25,26)27/h1-8,15H,21-22H2,(H,23,24)(H,25,26,27)(H,28,29,30). The first kappa shape index (κ1) is 22.5. The molecule has 4 rings (SSSR count). The van der Waals surface area contributed by atoms with Gasteiger partial charge >= 0.3 is 5.97 Å². The maximum atomic E-state index is 12.1. The molecule has 3 aromatic rings. The van der Waals surface area contributed by atoms with E-state index in [1.54, 1.807) is 6.07 Å². The molecule has 0 amide bonds. The molecule has 3 aromatic carbocycles. The van der Waals surface area contributed by atoms with Gasteiger partial charge < -0.3 is 21.3 Å². The van der Waals surface area contributed by atoms with Gasteiger partial charge in [-0.05, 0) is 23.8 Å². The van der Waals surface area contributed by atoms with Crippen LogP contribution in [-0.4, -0.2) is 37.0 Å². The Hall–Kier alpha value is -3.65. The van der Waals surface area contributed by atoms with Crippen molar-refractivity contribution in [2.75, 3.05) is 11.5 Å². The minimum absolute atomic E-state index is 0.0871. The molecule has 0 unspecified atom stereocenters. The Morgan fingerprint density at radius 3 is 1.64 bits per heavy atom. The van der Waals surface area contributed by atoms with Crippen LogP contribution in [0, 0.1) is 0 Å². The number of hydrogen-bond donors (Lipinski definition) is 5. The SMILES string of the molecule is Nc1ccc2c(c1S(=O)(=O)O)Oc1c(ccc(N)c1S(=O)(=O)O)C2c1ccccc1C(=O)O. The van der Waals surface area contributed by atoms with Gasteiger partial charge in [-0.15, -0.1) is 0 Å². The van der Waals surface area contributed by atoms with Gasteiger partial charge in [0.1, 0.15) is 0 Å². The highest BCUT2D eigenvalue weighted by atomic mass is 32.2. The lowest BCUT2D eigenvalue weighted by molar-refractivity contribution is 0.0695. The summed E-state index contributed by atoms with van der Waals surface area (Å²) in [5, 5.41) is 9.71. The highest BCUT2D eigenvalue weighted by Gasteiger charge is 2.39. The molecular weight excluding hydrogens is 476 g/mol. The van der Waals surface area contributed by atoms with Gasteiger partial charge in [0.2, 0.25) is 0 Å². The van der Waals surface area contributed by atoms with Gasteiger partial charge in [0.15, 0.2) is 21.3 Å². The highest BCUT2D eigenvalue weighted by Crippen LogP contribution is 2.53. The van der Waals surface area contributed by atoms with E-state index in [4.69, 9.17) is 16.2 Å². The Kier molecular flexibility index (Phi) is 5.09. The van der Waals surface area contributed by atoms with Crippen molar-refractivity contribution in [1.29, 1.82) is 0 Å². The lowest BCUT2D eigenvalue weighted by atomic mass is 9.80. The molecule has 0 spiro atoms. The smallest absolute Gasteiger partial charge is 0.335 e. The maximum absolute atomic E-state index is 12.1. The van der Waals surface area contributed by atoms with Crippen molar-refractivity contribution in [2.45, 2.75) is 15.7 Å². The minimum Gasteiger partial charge on any atom is -0.478 e. The van der Waals surface area contributed by atoms with Gasteiger partial charge in [0.25, 0.3) is 20.2 Å². The van der Waals surface area contributed by atoms with Crippen LogP contribution in [0.1, 0.15) is 33.0 Å². The third kappa shape index (κ3) is 3.66. The maximum Gasteiger partial charge on any atom is 0.335 e. The summed E-state index contributed by atoms with van der Waals surface area (Å²) in [6.07, 6.45) is 0. The number of fused-ring (bicyclic) bond motifs is 2. The number of benzene rings is 3. The molecule has 172 valence electrons. The lowest BCUT2D eigenvalue weighted by Gasteiger charge is -2.31. The molecule has 0 saturated carbocycles. The molecule has 0 aliphatic carbocycles. The summed E-state index contributed by atoms with van der Waals surface area (Å²) >= 11 is 0. The van der Waals surface area contributed by atoms with Crippen molar-refractivity contribution < 1.29 is 40.6 Å². The number of carboxylic acids is 1. The van der Waals surface area contributed by atoms with Gasteiger partial charge in [0.05, 0.1) is 16.9 Å². The predicted octanol–water partition coefficient (Wildman–Crippen LogP) is 2.33. The van der Waals surface area contributed by atoms with Crippen molar-refractivity contribution in [1.82, 2.24) is 0 Å². The third-order valence-corrected chi connectivity index (χ3v) is 7.06. The largest absolute Gasteiger partial charge is 0.478 e. The number of ether oxygens (including phenoxy) is 1. The monoisotopic (exact) mass is 492 g/mol. The molecule has 0 bridgehead atoms. The second-order valence-electron chi connectivity index (χ2n) is 7.18. The van der Waals surface area contributed by atoms with Gasteiger partial charge in [-0.3, -0.25) is 9.11 Å². The van der Waals surface area contributed by atoms with Crippen LogP contribution in [0.15, 0.2) is 58.3 Å². The molecule has 0 aromatic heterocycles. The van der Waals surface area contributed by atoms with E-state index < -0.39 is 64.8 Å². The van der Waals surface area contributed by atoms with Crippen LogP contribution >= 0.6 is 0 Å². The number of aromatic carboxylic acids is 1. The van der Waals surface area contributed by atoms with E-state index in [-0.39, 0.29) is 22.3 Å². The zero-order chi connectivity index (χ0) is 24.3. The Balaban J connectivity index is 2.20. The Labute approximate surface area is 187 Å². The summed E-state index contributed by atoms with van der Waals surface area (Å²) in [5.41, 5.74) is 10.9. The summed E-state index contributed by atoms with van der Waals surface area (Å²) in [6, 6.07) is 10.9. The van der Waals surface area contributed by atoms with Crippen molar-refractivity contribution >= 4 is 37.6 Å². The summed E-state index contributed by atoms with van der Waals surface area (Å²) in [6.45, 7) is 0. The number of nitrogen functional groups attached to an aromatic ring is 2. The van der Waals surface area contributed by atoms with Crippen LogP contribution in [-0.2, 0) is 20.2 Å². The minimum atomic E-state index is -4.98. The van der Waals surface area contributed by atoms with Crippen molar-refractivity contribution in [2.24, 2.45) is 0 Å². The number of carbonyl (C=O) groups is 1. The van der Waals surface area contributed by atoms with Gasteiger partial charge in [-0.25, -0.2) is 4.79 Å². The van der Waals surface area contributed by atoms with Gasteiger partial charge in [0, 0.05) is 17.0 Å². The molecule has 13 heteroatoms. The van der Waals surface area contributed by atoms with E-state index in [9.17, 15) is 35.8 Å². The predicted molar refractivity (Wildman–Crippen MR) is 116 cm³/mol. The molecule has 0 saturated heterocycles. The molecule has 1 heterocycles. The van der Waals surface area contributed by atoms with Crippen molar-refractivity contribution in [3.8, 4) is 11.5 Å². The average Bonchev–Trinajstić information content (AvgIpc) is 2.69. The molecule has 11 nitrogen and oxygen atoms in total. The molecule has 1 aliphatic heterocycles. The molecule has 0 atom stereocenters. The summed E-state index contributed by atoms with van der Waals surface area (Å²) in [7, 11) is -9.96. The summed E-state index contributed by atoms with van der Waals surface area (Å²) in [4.78, 5) is 10.2. The van der Waals surface area contributed by atoms with Crippen LogP contribution in [0.2, 0.25) is 0 Å². The van der Waals surface area contributed by atoms with E-state index >= 15 is 0 Å². The fourth-order valence-electron chi connectivity index (χ4n) is 3.93. The van der Waals surface area contributed by atoms with Crippen LogP contribution in [0.25, 0.3) is 0 Å². The number of anilines is 2. The fraction of sp³-hybridized carbons (Fsp3) is 0.0500. The summed E-state index contributed by atoms with van der Waals surface area (Å²) < 4.78 is 73.6. The van der Waals surface area contributed by atoms with Gasteiger partial charge in [-0.1, -0.05) is 30.3 Å². The molecular formula is C20H16N2O9S2. The van der Waals surface area contributed by atoms with Gasteiger partial charge in [-0.2, -0.15) is 16.8 Å². The molecule has 0 radical (unpaired) electrons. The Bertz CT molecular complexity index is 1460. The number of carboxylic acid groups (broad SMARTS) is 1. The number of rotatable bonds is 4. The Morgan fingerprint density at radius 2 is 1.21 bits per heavy atom. The first-order valence-electron chi connectivity index (χ1n) is 9.12. The second kappa shape index (κ2) is 7.45. The third-order valence-electron chi connectivity index (χ3n) is 5.19. The van der Waals surface area contributed by atoms with Crippen LogP contribution in [0.5, 0.6) is 11.5 Å². The van der Waals surface area contributed by atoms with E-state index in [0.717, 1.165) is 0 Å². The van der Waals surface area contributed by atoms with E-state index in [0.29, 0.717) is 0 Å². The van der Waals surface area contributed by atoms with E-state index in [1.165, 1.54) is 42.5 Å². The zero-order valence-electron chi connectivity index (χ0n) is 16.5. The number of nitrogens with two attached hydrogens (primary N) is 2. The van der Waals surface area contributed by atoms with E-state index in [2.05, 4.69) is 0 Å². The van der Waals surface area contributed by atoms with Crippen molar-refractivity contribution in [3.05, 3.63) is 70.8 Å². The fourth-order valence-corrected chi connectivity index (χ4v) is 5.45. The van der Waals surface area contributed by atoms with E-state index in [1.807, 2.05) is 0 Å². The zero-order valence-corrected chi connectivity index (χ0v) is 18.1. The molecule has 33 heavy (non-hydrogen) atoms. The molecule has 7 N–H and O–H groups in total. The lowest BCUT2D eigenvalue weighted by Crippen LogP contribution is -2.20. The first-order valence-corrected chi connectivity index (χ1v) is 12.0. The average molecular weight is 492 g/mol. The molecule has 1 aliphatic rings. The van der Waals surface area contributed by atoms with Crippen LogP contribution in [0.3, 0.4) is 0 Å². The summed E-state index contributed by atoms with van der Waals surface area (Å²) in [5.74, 6) is -3.43. The highest BCUT2D eigenvalue weighted by molar-refractivity contribution is 7.86. The topological polar surface area (TPSA) is 207 Å². The van der Waals surface area contributed by atoms with Crippen LogP contribution < -0.4 is 16.2 Å². The molecule has 0 fully saturated rings. The quantitative estimate of drug-likeness (QED) is 0.206. The number of hydrogen-bond acceptors (Lipinski definition) is 8. The van der Waals surface area contributed by atoms with Crippen molar-refractivity contribution in [3.63, 3.8) is 0 Å². The first-order chi connectivity index (χ1) is 15.3.